The van der Waals surface area contributed by atoms with Crippen molar-refractivity contribution in [1.29, 1.82) is 0 Å². The maximum Gasteiger partial charge on any atom is 0.00924 e. The zero-order valence-corrected chi connectivity index (χ0v) is 9.69. The molecule has 1 rings (SSSR count). The van der Waals surface area contributed by atoms with Gasteiger partial charge in [0.15, 0.2) is 0 Å². The number of nitrogens with one attached hydrogen (secondary N) is 1. The number of hydrogen-bond donors (Lipinski definition) is 1. The normalized spacial score (nSPS) is 34.2. The van der Waals surface area contributed by atoms with Crippen molar-refractivity contribution in [2.45, 2.75) is 58.9 Å². The molecular formula is C12H25N. The minimum atomic E-state index is 0.582. The first-order valence-corrected chi connectivity index (χ1v) is 5.76. The van der Waals surface area contributed by atoms with Crippen molar-refractivity contribution in [3.05, 3.63) is 0 Å². The first-order chi connectivity index (χ1) is 6.09. The van der Waals surface area contributed by atoms with Gasteiger partial charge >= 0.3 is 0 Å². The van der Waals surface area contributed by atoms with Crippen molar-refractivity contribution in [2.24, 2.45) is 11.3 Å². The van der Waals surface area contributed by atoms with E-state index < -0.39 is 0 Å². The van der Waals surface area contributed by atoms with Gasteiger partial charge in [-0.25, -0.2) is 0 Å². The van der Waals surface area contributed by atoms with Crippen molar-refractivity contribution in [2.75, 3.05) is 7.05 Å². The van der Waals surface area contributed by atoms with Gasteiger partial charge in [-0.3, -0.25) is 0 Å². The lowest BCUT2D eigenvalue weighted by molar-refractivity contribution is 0.307. The largest absolute Gasteiger partial charge is 0.317 e. The zero-order valence-electron chi connectivity index (χ0n) is 9.69. The van der Waals surface area contributed by atoms with Gasteiger partial charge in [0.25, 0.3) is 0 Å². The van der Waals surface area contributed by atoms with E-state index in [0.717, 1.165) is 12.0 Å². The molecule has 0 spiro atoms. The van der Waals surface area contributed by atoms with Crippen molar-refractivity contribution in [3.63, 3.8) is 0 Å². The van der Waals surface area contributed by atoms with Crippen molar-refractivity contribution in [3.8, 4) is 0 Å². The lowest BCUT2D eigenvalue weighted by Crippen LogP contribution is -2.32. The molecule has 0 aliphatic heterocycles. The Morgan fingerprint density at radius 1 is 1.23 bits per heavy atom. The summed E-state index contributed by atoms with van der Waals surface area (Å²) in [6.45, 7) is 7.16. The van der Waals surface area contributed by atoms with Gasteiger partial charge in [-0.1, -0.05) is 27.2 Å². The van der Waals surface area contributed by atoms with Crippen LogP contribution in [0, 0.1) is 11.3 Å². The molecule has 0 bridgehead atoms. The van der Waals surface area contributed by atoms with E-state index in [1.165, 1.54) is 32.1 Å². The SMILES string of the molecule is CCC1CCC(C)(C)CCC1NC. The summed E-state index contributed by atoms with van der Waals surface area (Å²) >= 11 is 0. The minimum absolute atomic E-state index is 0.582. The van der Waals surface area contributed by atoms with Crippen LogP contribution >= 0.6 is 0 Å². The van der Waals surface area contributed by atoms with E-state index in [4.69, 9.17) is 0 Å². The van der Waals surface area contributed by atoms with E-state index in [2.05, 4.69) is 33.1 Å². The summed E-state index contributed by atoms with van der Waals surface area (Å²) in [5.41, 5.74) is 0.582. The quantitative estimate of drug-likeness (QED) is 0.648. The fraction of sp³-hybridized carbons (Fsp3) is 1.00. The molecule has 0 heterocycles. The average Bonchev–Trinajstić information content (AvgIpc) is 2.23. The summed E-state index contributed by atoms with van der Waals surface area (Å²) in [7, 11) is 2.12. The van der Waals surface area contributed by atoms with Crippen LogP contribution in [0.2, 0.25) is 0 Å². The van der Waals surface area contributed by atoms with Crippen LogP contribution in [0.3, 0.4) is 0 Å². The molecule has 2 unspecified atom stereocenters. The van der Waals surface area contributed by atoms with Gasteiger partial charge in [-0.05, 0) is 44.1 Å². The summed E-state index contributed by atoms with van der Waals surface area (Å²) in [6, 6.07) is 0.770. The van der Waals surface area contributed by atoms with Gasteiger partial charge in [0, 0.05) is 6.04 Å². The Kier molecular flexibility index (Phi) is 3.78. The predicted molar refractivity (Wildman–Crippen MR) is 58.9 cm³/mol. The molecule has 13 heavy (non-hydrogen) atoms. The van der Waals surface area contributed by atoms with Gasteiger partial charge in [-0.2, -0.15) is 0 Å². The van der Waals surface area contributed by atoms with Crippen LogP contribution in [0.25, 0.3) is 0 Å². The average molecular weight is 183 g/mol. The number of rotatable bonds is 2. The monoisotopic (exact) mass is 183 g/mol. The summed E-state index contributed by atoms with van der Waals surface area (Å²) in [4.78, 5) is 0. The van der Waals surface area contributed by atoms with Crippen LogP contribution in [-0.4, -0.2) is 13.1 Å². The van der Waals surface area contributed by atoms with Gasteiger partial charge in [0.1, 0.15) is 0 Å². The lowest BCUT2D eigenvalue weighted by Gasteiger charge is -2.22. The van der Waals surface area contributed by atoms with E-state index >= 15 is 0 Å². The summed E-state index contributed by atoms with van der Waals surface area (Å²) in [5.74, 6) is 0.909. The molecule has 0 radical (unpaired) electrons. The van der Waals surface area contributed by atoms with Crippen molar-refractivity contribution in [1.82, 2.24) is 5.32 Å². The van der Waals surface area contributed by atoms with Crippen molar-refractivity contribution < 1.29 is 0 Å². The summed E-state index contributed by atoms with van der Waals surface area (Å²) in [5, 5.41) is 3.48. The van der Waals surface area contributed by atoms with Gasteiger partial charge in [0.2, 0.25) is 0 Å². The molecule has 0 aromatic rings. The molecular weight excluding hydrogens is 158 g/mol. The first kappa shape index (κ1) is 11.0. The molecule has 1 fully saturated rings. The molecule has 2 atom stereocenters. The van der Waals surface area contributed by atoms with Crippen LogP contribution in [-0.2, 0) is 0 Å². The van der Waals surface area contributed by atoms with E-state index in [1.54, 1.807) is 0 Å². The van der Waals surface area contributed by atoms with E-state index in [1.807, 2.05) is 0 Å². The molecule has 1 N–H and O–H groups in total. The fourth-order valence-electron chi connectivity index (χ4n) is 2.55. The third kappa shape index (κ3) is 2.98. The third-order valence-electron chi connectivity index (χ3n) is 3.79. The fourth-order valence-corrected chi connectivity index (χ4v) is 2.55. The highest BCUT2D eigenvalue weighted by molar-refractivity contribution is 4.83. The number of hydrogen-bond acceptors (Lipinski definition) is 1. The second kappa shape index (κ2) is 4.45. The van der Waals surface area contributed by atoms with Gasteiger partial charge in [-0.15, -0.1) is 0 Å². The highest BCUT2D eigenvalue weighted by Gasteiger charge is 2.28. The van der Waals surface area contributed by atoms with Crippen LogP contribution in [0.15, 0.2) is 0 Å². The smallest absolute Gasteiger partial charge is 0.00924 e. The molecule has 1 saturated carbocycles. The topological polar surface area (TPSA) is 12.0 Å². The highest BCUT2D eigenvalue weighted by atomic mass is 14.9. The van der Waals surface area contributed by atoms with Crippen LogP contribution < -0.4 is 5.32 Å². The second-order valence-corrected chi connectivity index (χ2v) is 5.31. The minimum Gasteiger partial charge on any atom is -0.317 e. The van der Waals surface area contributed by atoms with Crippen LogP contribution in [0.1, 0.15) is 52.9 Å². The molecule has 1 nitrogen and oxygen atoms in total. The van der Waals surface area contributed by atoms with E-state index in [-0.39, 0.29) is 0 Å². The maximum atomic E-state index is 3.48. The predicted octanol–water partition coefficient (Wildman–Crippen LogP) is 3.20. The lowest BCUT2D eigenvalue weighted by atomic mass is 9.84. The Morgan fingerprint density at radius 2 is 1.85 bits per heavy atom. The van der Waals surface area contributed by atoms with Gasteiger partial charge in [0.05, 0.1) is 0 Å². The summed E-state index contributed by atoms with van der Waals surface area (Å²) in [6.07, 6.45) is 6.90. The molecule has 1 aliphatic carbocycles. The Bertz CT molecular complexity index is 135. The van der Waals surface area contributed by atoms with E-state index in [0.29, 0.717) is 5.41 Å². The Balaban J connectivity index is 2.57. The van der Waals surface area contributed by atoms with Gasteiger partial charge < -0.3 is 5.32 Å². The maximum absolute atomic E-state index is 3.48. The summed E-state index contributed by atoms with van der Waals surface area (Å²) < 4.78 is 0. The third-order valence-corrected chi connectivity index (χ3v) is 3.79. The molecule has 1 heteroatoms. The Hall–Kier alpha value is -0.0400. The molecule has 78 valence electrons. The van der Waals surface area contributed by atoms with Crippen molar-refractivity contribution >= 4 is 0 Å². The van der Waals surface area contributed by atoms with E-state index in [9.17, 15) is 0 Å². The molecule has 1 aliphatic rings. The molecule has 0 saturated heterocycles. The zero-order chi connectivity index (χ0) is 9.90. The van der Waals surface area contributed by atoms with Crippen LogP contribution in [0.4, 0.5) is 0 Å². The Labute approximate surface area is 83.3 Å². The Morgan fingerprint density at radius 3 is 2.38 bits per heavy atom. The standard InChI is InChI=1S/C12H25N/c1-5-10-6-8-12(2,3)9-7-11(10)13-4/h10-11,13H,5-9H2,1-4H3. The first-order valence-electron chi connectivity index (χ1n) is 5.76. The molecule has 0 aromatic carbocycles. The molecule has 0 amide bonds. The second-order valence-electron chi connectivity index (χ2n) is 5.31. The molecule has 0 aromatic heterocycles. The highest BCUT2D eigenvalue weighted by Crippen LogP contribution is 2.37. The van der Waals surface area contributed by atoms with Crippen LogP contribution in [0.5, 0.6) is 0 Å².